The van der Waals surface area contributed by atoms with Crippen molar-refractivity contribution in [3.05, 3.63) is 67.1 Å². The third-order valence-corrected chi connectivity index (χ3v) is 6.83. The Bertz CT molecular complexity index is 1270. The van der Waals surface area contributed by atoms with Crippen molar-refractivity contribution in [3.63, 3.8) is 0 Å². The van der Waals surface area contributed by atoms with Crippen LogP contribution in [0.4, 0.5) is 0 Å². The van der Waals surface area contributed by atoms with E-state index in [1.807, 2.05) is 6.07 Å². The fraction of sp³-hybridized carbons (Fsp3) is 0.364. The second kappa shape index (κ2) is 9.70. The van der Waals surface area contributed by atoms with Crippen molar-refractivity contribution < 1.29 is 9.59 Å². The van der Waals surface area contributed by atoms with Gasteiger partial charge >= 0.3 is 5.69 Å². The van der Waals surface area contributed by atoms with Gasteiger partial charge in [-0.1, -0.05) is 29.8 Å². The number of thiophene rings is 1. The molecule has 1 aliphatic heterocycles. The molecule has 0 unspecified atom stereocenters. The Labute approximate surface area is 193 Å². The molecule has 32 heavy (non-hydrogen) atoms. The monoisotopic (exact) mass is 474 g/mol. The third-order valence-electron chi connectivity index (χ3n) is 5.57. The predicted octanol–water partition coefficient (Wildman–Crippen LogP) is 2.21. The minimum atomic E-state index is -0.667. The van der Waals surface area contributed by atoms with Gasteiger partial charge in [-0.3, -0.25) is 19.0 Å². The second-order valence-electron chi connectivity index (χ2n) is 7.70. The van der Waals surface area contributed by atoms with Crippen molar-refractivity contribution in [2.75, 3.05) is 13.1 Å². The standard InChI is InChI=1S/C22H23ClN4O4S/c23-16-7-3-2-6-15(16)12-24-18(28)13-26-17-8-11-32-20(17)21(30)27(22(26)31)14-19(29)25-9-4-1-5-10-25/h2-3,6-8,11H,1,4-5,9-10,12-14H2,(H,24,28). The topological polar surface area (TPSA) is 93.4 Å². The summed E-state index contributed by atoms with van der Waals surface area (Å²) < 4.78 is 2.53. The van der Waals surface area contributed by atoms with Gasteiger partial charge in [-0.2, -0.15) is 0 Å². The fourth-order valence-electron chi connectivity index (χ4n) is 3.84. The summed E-state index contributed by atoms with van der Waals surface area (Å²) in [5.74, 6) is -0.651. The maximum atomic E-state index is 13.1. The predicted molar refractivity (Wildman–Crippen MR) is 124 cm³/mol. The first-order valence-corrected chi connectivity index (χ1v) is 11.7. The smallest absolute Gasteiger partial charge is 0.332 e. The molecule has 0 spiro atoms. The lowest BCUT2D eigenvalue weighted by molar-refractivity contribution is -0.132. The number of likely N-dealkylation sites (tertiary alicyclic amines) is 1. The minimum Gasteiger partial charge on any atom is -0.350 e. The Kier molecular flexibility index (Phi) is 6.76. The third kappa shape index (κ3) is 4.63. The number of nitrogens with one attached hydrogen (secondary N) is 1. The van der Waals surface area contributed by atoms with Gasteiger partial charge in [-0.25, -0.2) is 9.36 Å². The molecule has 0 bridgehead atoms. The maximum absolute atomic E-state index is 13.1. The molecule has 1 saturated heterocycles. The Hall–Kier alpha value is -2.91. The van der Waals surface area contributed by atoms with Gasteiger partial charge in [0, 0.05) is 24.7 Å². The van der Waals surface area contributed by atoms with Gasteiger partial charge in [-0.05, 0) is 42.3 Å². The summed E-state index contributed by atoms with van der Waals surface area (Å²) in [5.41, 5.74) is -0.0237. The summed E-state index contributed by atoms with van der Waals surface area (Å²) >= 11 is 7.31. The van der Waals surface area contributed by atoms with E-state index in [0.717, 1.165) is 29.4 Å². The molecule has 0 atom stereocenters. The van der Waals surface area contributed by atoms with Crippen LogP contribution in [0.15, 0.2) is 45.3 Å². The Morgan fingerprint density at radius 1 is 1.00 bits per heavy atom. The van der Waals surface area contributed by atoms with Gasteiger partial charge in [0.05, 0.1) is 5.52 Å². The lowest BCUT2D eigenvalue weighted by Gasteiger charge is -2.26. The lowest BCUT2D eigenvalue weighted by Crippen LogP contribution is -2.46. The number of amides is 2. The van der Waals surface area contributed by atoms with Gasteiger partial charge in [0.25, 0.3) is 5.56 Å². The number of fused-ring (bicyclic) bond motifs is 1. The number of benzene rings is 1. The summed E-state index contributed by atoms with van der Waals surface area (Å²) in [4.78, 5) is 53.0. The maximum Gasteiger partial charge on any atom is 0.332 e. The van der Waals surface area contributed by atoms with Crippen molar-refractivity contribution in [1.29, 1.82) is 0 Å². The largest absolute Gasteiger partial charge is 0.350 e. The molecule has 1 aromatic carbocycles. The average molecular weight is 475 g/mol. The van der Waals surface area contributed by atoms with Crippen LogP contribution >= 0.6 is 22.9 Å². The second-order valence-corrected chi connectivity index (χ2v) is 9.03. The molecule has 1 fully saturated rings. The first-order chi connectivity index (χ1) is 15.5. The molecule has 4 rings (SSSR count). The highest BCUT2D eigenvalue weighted by atomic mass is 35.5. The van der Waals surface area contributed by atoms with Crippen LogP contribution < -0.4 is 16.6 Å². The lowest BCUT2D eigenvalue weighted by atomic mass is 10.1. The fourth-order valence-corrected chi connectivity index (χ4v) is 4.88. The van der Waals surface area contributed by atoms with Crippen molar-refractivity contribution in [3.8, 4) is 0 Å². The normalized spacial score (nSPS) is 14.0. The number of hydrogen-bond acceptors (Lipinski definition) is 5. The zero-order valence-electron chi connectivity index (χ0n) is 17.4. The van der Waals surface area contributed by atoms with Crippen LogP contribution in [0.3, 0.4) is 0 Å². The van der Waals surface area contributed by atoms with Crippen molar-refractivity contribution in [1.82, 2.24) is 19.4 Å². The van der Waals surface area contributed by atoms with Crippen LogP contribution in [0, 0.1) is 0 Å². The molecule has 0 saturated carbocycles. The molecule has 1 N–H and O–H groups in total. The van der Waals surface area contributed by atoms with Gasteiger partial charge in [-0.15, -0.1) is 11.3 Å². The Morgan fingerprint density at radius 3 is 2.50 bits per heavy atom. The Morgan fingerprint density at radius 2 is 1.75 bits per heavy atom. The van der Waals surface area contributed by atoms with Crippen LogP contribution in [0.25, 0.3) is 10.2 Å². The molecule has 2 aromatic heterocycles. The molecule has 3 aromatic rings. The zero-order chi connectivity index (χ0) is 22.7. The highest BCUT2D eigenvalue weighted by Gasteiger charge is 2.22. The van der Waals surface area contributed by atoms with Gasteiger partial charge in [0.2, 0.25) is 11.8 Å². The summed E-state index contributed by atoms with van der Waals surface area (Å²) in [5, 5.41) is 4.99. The van der Waals surface area contributed by atoms with E-state index in [1.54, 1.807) is 34.5 Å². The van der Waals surface area contributed by atoms with E-state index in [4.69, 9.17) is 11.6 Å². The number of piperidine rings is 1. The van der Waals surface area contributed by atoms with E-state index in [2.05, 4.69) is 5.32 Å². The highest BCUT2D eigenvalue weighted by Crippen LogP contribution is 2.16. The first-order valence-electron chi connectivity index (χ1n) is 10.4. The molecule has 8 nitrogen and oxygen atoms in total. The summed E-state index contributed by atoms with van der Waals surface area (Å²) in [6.45, 7) is 0.884. The molecule has 168 valence electrons. The van der Waals surface area contributed by atoms with E-state index in [0.29, 0.717) is 28.3 Å². The van der Waals surface area contributed by atoms with E-state index < -0.39 is 17.2 Å². The molecular formula is C22H23ClN4O4S. The van der Waals surface area contributed by atoms with Crippen LogP contribution in [-0.4, -0.2) is 38.9 Å². The number of carbonyl (C=O) groups is 2. The van der Waals surface area contributed by atoms with Crippen molar-refractivity contribution >= 4 is 45.0 Å². The van der Waals surface area contributed by atoms with Crippen LogP contribution in [-0.2, 0) is 29.2 Å². The summed E-state index contributed by atoms with van der Waals surface area (Å²) in [6, 6.07) is 8.80. The van der Waals surface area contributed by atoms with Crippen LogP contribution in [0.1, 0.15) is 24.8 Å². The highest BCUT2D eigenvalue weighted by molar-refractivity contribution is 7.17. The van der Waals surface area contributed by atoms with Crippen LogP contribution in [0.5, 0.6) is 0 Å². The summed E-state index contributed by atoms with van der Waals surface area (Å²) in [6.07, 6.45) is 2.90. The number of aromatic nitrogens is 2. The number of nitrogens with zero attached hydrogens (tertiary/aromatic N) is 3. The van der Waals surface area contributed by atoms with Crippen LogP contribution in [0.2, 0.25) is 5.02 Å². The van der Waals surface area contributed by atoms with E-state index >= 15 is 0 Å². The molecule has 1 aliphatic rings. The minimum absolute atomic E-state index is 0.215. The SMILES string of the molecule is O=C(Cn1c(=O)n(CC(=O)N2CCCCC2)c(=O)c2sccc21)NCc1ccccc1Cl. The molecule has 0 radical (unpaired) electrons. The van der Waals surface area contributed by atoms with Gasteiger partial charge < -0.3 is 10.2 Å². The molecular weight excluding hydrogens is 452 g/mol. The molecule has 3 heterocycles. The Balaban J connectivity index is 1.58. The molecule has 10 heteroatoms. The quantitative estimate of drug-likeness (QED) is 0.592. The van der Waals surface area contributed by atoms with Gasteiger partial charge in [0.15, 0.2) is 0 Å². The number of carbonyl (C=O) groups excluding carboxylic acids is 2. The van der Waals surface area contributed by atoms with Crippen molar-refractivity contribution in [2.45, 2.75) is 38.9 Å². The molecule has 0 aliphatic carbocycles. The molecule has 2 amide bonds. The summed E-state index contributed by atoms with van der Waals surface area (Å²) in [7, 11) is 0. The first kappa shape index (κ1) is 22.3. The number of rotatable bonds is 6. The van der Waals surface area contributed by atoms with Gasteiger partial charge in [0.1, 0.15) is 17.8 Å². The van der Waals surface area contributed by atoms with Crippen molar-refractivity contribution in [2.24, 2.45) is 0 Å². The van der Waals surface area contributed by atoms with E-state index in [-0.39, 0.29) is 25.5 Å². The van der Waals surface area contributed by atoms with E-state index in [1.165, 1.54) is 15.9 Å². The number of hydrogen-bond donors (Lipinski definition) is 1. The zero-order valence-corrected chi connectivity index (χ0v) is 19.0. The number of halogens is 1. The average Bonchev–Trinajstić information content (AvgIpc) is 3.29. The van der Waals surface area contributed by atoms with E-state index in [9.17, 15) is 19.2 Å².